The van der Waals surface area contributed by atoms with E-state index in [0.717, 1.165) is 13.1 Å². The van der Waals surface area contributed by atoms with Gasteiger partial charge < -0.3 is 10.6 Å². The molecule has 0 bridgehead atoms. The second-order valence-corrected chi connectivity index (χ2v) is 5.73. The molecule has 0 saturated heterocycles. The number of carbonyl (C=O) groups excluding carboxylic acids is 1. The normalized spacial score (nSPS) is 15.6. The maximum atomic E-state index is 11.6. The third kappa shape index (κ3) is 6.83. The van der Waals surface area contributed by atoms with E-state index in [1.54, 1.807) is 0 Å². The zero-order valence-corrected chi connectivity index (χ0v) is 11.7. The summed E-state index contributed by atoms with van der Waals surface area (Å²) in [6.45, 7) is 14.5. The van der Waals surface area contributed by atoms with E-state index in [4.69, 9.17) is 0 Å². The highest BCUT2D eigenvalue weighted by Gasteiger charge is 2.20. The van der Waals surface area contributed by atoms with Gasteiger partial charge in [0.1, 0.15) is 0 Å². The van der Waals surface area contributed by atoms with Crippen molar-refractivity contribution in [2.75, 3.05) is 13.1 Å². The SMILES string of the molecule is CCNC(C)CC(=O)NCC(C)C(C)(C)C. The molecule has 0 rings (SSSR count). The summed E-state index contributed by atoms with van der Waals surface area (Å²) in [4.78, 5) is 11.6. The first-order valence-corrected chi connectivity index (χ1v) is 6.27. The lowest BCUT2D eigenvalue weighted by atomic mass is 9.82. The van der Waals surface area contributed by atoms with Gasteiger partial charge in [0.25, 0.3) is 0 Å². The van der Waals surface area contributed by atoms with Gasteiger partial charge >= 0.3 is 0 Å². The summed E-state index contributed by atoms with van der Waals surface area (Å²) >= 11 is 0. The standard InChI is InChI=1S/C13H28N2O/c1-7-14-11(3)8-12(16)15-9-10(2)13(4,5)6/h10-11,14H,7-9H2,1-6H3,(H,15,16). The lowest BCUT2D eigenvalue weighted by molar-refractivity contribution is -0.121. The van der Waals surface area contributed by atoms with Crippen molar-refractivity contribution in [1.82, 2.24) is 10.6 Å². The summed E-state index contributed by atoms with van der Waals surface area (Å²) < 4.78 is 0. The third-order valence-corrected chi connectivity index (χ3v) is 3.13. The highest BCUT2D eigenvalue weighted by molar-refractivity contribution is 5.76. The fraction of sp³-hybridized carbons (Fsp3) is 0.923. The van der Waals surface area contributed by atoms with E-state index in [9.17, 15) is 4.79 Å². The van der Waals surface area contributed by atoms with Gasteiger partial charge in [0, 0.05) is 19.0 Å². The third-order valence-electron chi connectivity index (χ3n) is 3.13. The smallest absolute Gasteiger partial charge is 0.221 e. The van der Waals surface area contributed by atoms with Crippen molar-refractivity contribution in [3.05, 3.63) is 0 Å². The molecule has 2 unspecified atom stereocenters. The Kier molecular flexibility index (Phi) is 6.65. The van der Waals surface area contributed by atoms with Crippen LogP contribution in [0.5, 0.6) is 0 Å². The van der Waals surface area contributed by atoms with Crippen molar-refractivity contribution < 1.29 is 4.79 Å². The van der Waals surface area contributed by atoms with Crippen molar-refractivity contribution in [3.63, 3.8) is 0 Å². The van der Waals surface area contributed by atoms with E-state index >= 15 is 0 Å². The van der Waals surface area contributed by atoms with Crippen LogP contribution < -0.4 is 10.6 Å². The first kappa shape index (κ1) is 15.4. The molecule has 2 N–H and O–H groups in total. The second-order valence-electron chi connectivity index (χ2n) is 5.73. The van der Waals surface area contributed by atoms with Crippen LogP contribution in [-0.2, 0) is 4.79 Å². The van der Waals surface area contributed by atoms with E-state index in [1.807, 2.05) is 6.92 Å². The molecule has 0 aromatic rings. The second kappa shape index (κ2) is 6.89. The average molecular weight is 228 g/mol. The number of amides is 1. The summed E-state index contributed by atoms with van der Waals surface area (Å²) in [6.07, 6.45) is 0.560. The van der Waals surface area contributed by atoms with E-state index in [2.05, 4.69) is 45.3 Å². The summed E-state index contributed by atoms with van der Waals surface area (Å²) in [6, 6.07) is 0.259. The van der Waals surface area contributed by atoms with Crippen LogP contribution in [0.3, 0.4) is 0 Å². The zero-order valence-electron chi connectivity index (χ0n) is 11.7. The molecule has 0 aliphatic carbocycles. The van der Waals surface area contributed by atoms with Crippen LogP contribution in [0.4, 0.5) is 0 Å². The van der Waals surface area contributed by atoms with Gasteiger partial charge in [-0.25, -0.2) is 0 Å². The molecule has 0 aliphatic heterocycles. The van der Waals surface area contributed by atoms with E-state index in [-0.39, 0.29) is 17.4 Å². The van der Waals surface area contributed by atoms with Crippen LogP contribution in [-0.4, -0.2) is 25.0 Å². The Morgan fingerprint density at radius 3 is 2.25 bits per heavy atom. The highest BCUT2D eigenvalue weighted by Crippen LogP contribution is 2.24. The van der Waals surface area contributed by atoms with Crippen molar-refractivity contribution in [3.8, 4) is 0 Å². The van der Waals surface area contributed by atoms with Gasteiger partial charge in [0.15, 0.2) is 0 Å². The molecule has 2 atom stereocenters. The number of carbonyl (C=O) groups is 1. The van der Waals surface area contributed by atoms with E-state index in [0.29, 0.717) is 12.3 Å². The van der Waals surface area contributed by atoms with Gasteiger partial charge in [0.05, 0.1) is 0 Å². The van der Waals surface area contributed by atoms with E-state index < -0.39 is 0 Å². The monoisotopic (exact) mass is 228 g/mol. The van der Waals surface area contributed by atoms with Crippen molar-refractivity contribution in [2.45, 2.75) is 54.0 Å². The molecule has 16 heavy (non-hydrogen) atoms. The predicted molar refractivity (Wildman–Crippen MR) is 69.4 cm³/mol. The Morgan fingerprint density at radius 1 is 1.25 bits per heavy atom. The maximum Gasteiger partial charge on any atom is 0.221 e. The van der Waals surface area contributed by atoms with Crippen molar-refractivity contribution in [2.24, 2.45) is 11.3 Å². The van der Waals surface area contributed by atoms with Crippen molar-refractivity contribution in [1.29, 1.82) is 0 Å². The Bertz CT molecular complexity index is 208. The predicted octanol–water partition coefficient (Wildman–Crippen LogP) is 2.17. The molecular formula is C13H28N2O. The minimum absolute atomic E-state index is 0.143. The molecular weight excluding hydrogens is 200 g/mol. The fourth-order valence-electron chi connectivity index (χ4n) is 1.34. The molecule has 0 radical (unpaired) electrons. The van der Waals surface area contributed by atoms with E-state index in [1.165, 1.54) is 0 Å². The minimum Gasteiger partial charge on any atom is -0.356 e. The van der Waals surface area contributed by atoms with Crippen LogP contribution in [0.25, 0.3) is 0 Å². The molecule has 1 amide bonds. The summed E-state index contributed by atoms with van der Waals surface area (Å²) in [5.74, 6) is 0.635. The lowest BCUT2D eigenvalue weighted by Crippen LogP contribution is -2.37. The lowest BCUT2D eigenvalue weighted by Gasteiger charge is -2.27. The molecule has 0 aliphatic rings. The number of hydrogen-bond donors (Lipinski definition) is 2. The van der Waals surface area contributed by atoms with Gasteiger partial charge in [0.2, 0.25) is 5.91 Å². The molecule has 3 heteroatoms. The first-order valence-electron chi connectivity index (χ1n) is 6.27. The highest BCUT2D eigenvalue weighted by atomic mass is 16.1. The molecule has 0 spiro atoms. The van der Waals surface area contributed by atoms with Crippen LogP contribution in [0.1, 0.15) is 48.0 Å². The number of nitrogens with one attached hydrogen (secondary N) is 2. The van der Waals surface area contributed by atoms with Gasteiger partial charge in [-0.05, 0) is 24.8 Å². The molecule has 0 saturated carbocycles. The van der Waals surface area contributed by atoms with Crippen LogP contribution in [0.15, 0.2) is 0 Å². The zero-order chi connectivity index (χ0) is 12.8. The van der Waals surface area contributed by atoms with Gasteiger partial charge in [-0.1, -0.05) is 34.6 Å². The Hall–Kier alpha value is -0.570. The fourth-order valence-corrected chi connectivity index (χ4v) is 1.34. The average Bonchev–Trinajstić information content (AvgIpc) is 2.12. The van der Waals surface area contributed by atoms with Gasteiger partial charge in [-0.3, -0.25) is 4.79 Å². The van der Waals surface area contributed by atoms with Crippen LogP contribution in [0.2, 0.25) is 0 Å². The number of rotatable bonds is 6. The first-order chi connectivity index (χ1) is 7.27. The molecule has 96 valence electrons. The Balaban J connectivity index is 3.82. The topological polar surface area (TPSA) is 41.1 Å². The maximum absolute atomic E-state index is 11.6. The molecule has 0 aromatic heterocycles. The molecule has 0 fully saturated rings. The van der Waals surface area contributed by atoms with Crippen LogP contribution in [0, 0.1) is 11.3 Å². The minimum atomic E-state index is 0.143. The van der Waals surface area contributed by atoms with Gasteiger partial charge in [-0.15, -0.1) is 0 Å². The largest absolute Gasteiger partial charge is 0.356 e. The summed E-state index contributed by atoms with van der Waals surface area (Å²) in [5, 5.41) is 6.23. The Labute approximate surface area is 100 Å². The van der Waals surface area contributed by atoms with Crippen LogP contribution >= 0.6 is 0 Å². The van der Waals surface area contributed by atoms with Crippen molar-refractivity contribution >= 4 is 5.91 Å². The summed E-state index contributed by atoms with van der Waals surface area (Å²) in [7, 11) is 0. The molecule has 3 nitrogen and oxygen atoms in total. The Morgan fingerprint density at radius 2 is 1.81 bits per heavy atom. The summed E-state index contributed by atoms with van der Waals surface area (Å²) in [5.41, 5.74) is 0.251. The molecule has 0 heterocycles. The quantitative estimate of drug-likeness (QED) is 0.731. The molecule has 0 aromatic carbocycles. The van der Waals surface area contributed by atoms with Gasteiger partial charge in [-0.2, -0.15) is 0 Å². The number of hydrogen-bond acceptors (Lipinski definition) is 2.